The molecule has 6 nitrogen and oxygen atoms in total. The van der Waals surface area contributed by atoms with Gasteiger partial charge in [-0.1, -0.05) is 18.2 Å². The van der Waals surface area contributed by atoms with Crippen LogP contribution in [0.25, 0.3) is 0 Å². The minimum atomic E-state index is -3.82. The molecule has 0 aliphatic carbocycles. The van der Waals surface area contributed by atoms with Crippen LogP contribution >= 0.6 is 0 Å². The van der Waals surface area contributed by atoms with E-state index in [2.05, 4.69) is 10.0 Å². The summed E-state index contributed by atoms with van der Waals surface area (Å²) in [5, 5.41) is 2.79. The molecule has 0 saturated heterocycles. The van der Waals surface area contributed by atoms with Crippen molar-refractivity contribution in [3.63, 3.8) is 0 Å². The van der Waals surface area contributed by atoms with Crippen LogP contribution in [0.3, 0.4) is 0 Å². The second-order valence-electron chi connectivity index (χ2n) is 6.64. The Morgan fingerprint density at radius 3 is 2.54 bits per heavy atom. The summed E-state index contributed by atoms with van der Waals surface area (Å²) >= 11 is 0. The predicted octanol–water partition coefficient (Wildman–Crippen LogP) is 3.57. The molecule has 0 unspecified atom stereocenters. The molecule has 152 valence electrons. The molecule has 2 aromatic carbocycles. The lowest BCUT2D eigenvalue weighted by Gasteiger charge is -2.14. The van der Waals surface area contributed by atoms with Gasteiger partial charge in [0.15, 0.2) is 0 Å². The van der Waals surface area contributed by atoms with Crippen molar-refractivity contribution in [3.05, 3.63) is 58.7 Å². The Hall–Kier alpha value is -2.38. The van der Waals surface area contributed by atoms with Crippen molar-refractivity contribution in [1.29, 1.82) is 0 Å². The van der Waals surface area contributed by atoms with Crippen LogP contribution in [0.2, 0.25) is 0 Å². The number of anilines is 1. The third-order valence-corrected chi connectivity index (χ3v) is 6.05. The molecule has 7 heteroatoms. The van der Waals surface area contributed by atoms with Gasteiger partial charge in [-0.3, -0.25) is 9.52 Å². The van der Waals surface area contributed by atoms with Gasteiger partial charge < -0.3 is 10.1 Å². The zero-order chi connectivity index (χ0) is 20.7. The highest BCUT2D eigenvalue weighted by atomic mass is 32.2. The third-order valence-electron chi connectivity index (χ3n) is 4.54. The first-order chi connectivity index (χ1) is 13.3. The molecule has 0 bridgehead atoms. The van der Waals surface area contributed by atoms with Gasteiger partial charge in [-0.2, -0.15) is 0 Å². The van der Waals surface area contributed by atoms with Crippen molar-refractivity contribution in [1.82, 2.24) is 5.32 Å². The molecule has 0 aliphatic heterocycles. The van der Waals surface area contributed by atoms with E-state index in [4.69, 9.17) is 4.74 Å². The highest BCUT2D eigenvalue weighted by Gasteiger charge is 2.20. The van der Waals surface area contributed by atoms with Gasteiger partial charge in [0.05, 0.1) is 10.6 Å². The molecule has 2 N–H and O–H groups in total. The molecule has 0 radical (unpaired) electrons. The molecular weight excluding hydrogens is 376 g/mol. The average Bonchev–Trinajstić information content (AvgIpc) is 2.65. The zero-order valence-corrected chi connectivity index (χ0v) is 17.7. The number of hydrogen-bond donors (Lipinski definition) is 2. The molecule has 0 aromatic heterocycles. The number of aryl methyl sites for hydroxylation is 2. The fraction of sp³-hybridized carbons (Fsp3) is 0.381. The summed E-state index contributed by atoms with van der Waals surface area (Å²) in [6.45, 7) is 9.10. The monoisotopic (exact) mass is 404 g/mol. The molecule has 2 aromatic rings. The smallest absolute Gasteiger partial charge is 0.262 e. The maximum atomic E-state index is 12.9. The Kier molecular flexibility index (Phi) is 7.60. The Bertz CT molecular complexity index is 939. The minimum absolute atomic E-state index is 0.0929. The lowest BCUT2D eigenvalue weighted by atomic mass is 10.1. The molecule has 0 spiro atoms. The summed E-state index contributed by atoms with van der Waals surface area (Å²) in [7, 11) is -3.82. The molecule has 0 aliphatic rings. The van der Waals surface area contributed by atoms with Gasteiger partial charge in [-0.15, -0.1) is 0 Å². The zero-order valence-electron chi connectivity index (χ0n) is 16.8. The lowest BCUT2D eigenvalue weighted by molar-refractivity contribution is 0.0944. The number of hydrogen-bond acceptors (Lipinski definition) is 4. The first-order valence-corrected chi connectivity index (χ1v) is 10.8. The third kappa shape index (κ3) is 5.56. The Balaban J connectivity index is 2.19. The summed E-state index contributed by atoms with van der Waals surface area (Å²) in [4.78, 5) is 12.5. The number of sulfonamides is 1. The van der Waals surface area contributed by atoms with E-state index in [1.807, 2.05) is 26.8 Å². The summed E-state index contributed by atoms with van der Waals surface area (Å²) in [6.07, 6.45) is 0.699. The van der Waals surface area contributed by atoms with Crippen molar-refractivity contribution in [3.8, 4) is 0 Å². The summed E-state index contributed by atoms with van der Waals surface area (Å²) in [6, 6.07) is 10.1. The molecule has 2 rings (SSSR count). The maximum Gasteiger partial charge on any atom is 0.262 e. The van der Waals surface area contributed by atoms with E-state index < -0.39 is 10.0 Å². The van der Waals surface area contributed by atoms with E-state index in [1.165, 1.54) is 6.07 Å². The molecule has 0 heterocycles. The van der Waals surface area contributed by atoms with Crippen LogP contribution in [0.4, 0.5) is 5.69 Å². The average molecular weight is 405 g/mol. The number of benzene rings is 2. The molecule has 28 heavy (non-hydrogen) atoms. The Labute approximate surface area is 167 Å². The van der Waals surface area contributed by atoms with Gasteiger partial charge in [-0.05, 0) is 69.0 Å². The van der Waals surface area contributed by atoms with E-state index in [0.29, 0.717) is 43.0 Å². The van der Waals surface area contributed by atoms with Crippen LogP contribution < -0.4 is 10.0 Å². The Morgan fingerprint density at radius 1 is 1.07 bits per heavy atom. The second-order valence-corrected chi connectivity index (χ2v) is 8.29. The molecule has 0 fully saturated rings. The van der Waals surface area contributed by atoms with Gasteiger partial charge in [0, 0.05) is 25.3 Å². The van der Waals surface area contributed by atoms with Crippen LogP contribution in [0.1, 0.15) is 40.4 Å². The van der Waals surface area contributed by atoms with Gasteiger partial charge in [0.2, 0.25) is 0 Å². The highest BCUT2D eigenvalue weighted by molar-refractivity contribution is 7.92. The van der Waals surface area contributed by atoms with Gasteiger partial charge in [0.1, 0.15) is 0 Å². The molecule has 0 atom stereocenters. The van der Waals surface area contributed by atoms with Crippen LogP contribution in [0.5, 0.6) is 0 Å². The van der Waals surface area contributed by atoms with Crippen molar-refractivity contribution in [2.75, 3.05) is 24.5 Å². The largest absolute Gasteiger partial charge is 0.382 e. The van der Waals surface area contributed by atoms with Gasteiger partial charge in [0.25, 0.3) is 15.9 Å². The second kappa shape index (κ2) is 9.71. The number of carbonyl (C=O) groups is 1. The van der Waals surface area contributed by atoms with Crippen LogP contribution in [-0.4, -0.2) is 34.1 Å². The van der Waals surface area contributed by atoms with E-state index in [-0.39, 0.29) is 10.8 Å². The van der Waals surface area contributed by atoms with E-state index in [1.54, 1.807) is 31.2 Å². The molecule has 0 saturated carbocycles. The van der Waals surface area contributed by atoms with E-state index in [0.717, 1.165) is 11.1 Å². The summed E-state index contributed by atoms with van der Waals surface area (Å²) in [5.41, 5.74) is 3.28. The topological polar surface area (TPSA) is 84.5 Å². The molecule has 1 amide bonds. The van der Waals surface area contributed by atoms with Crippen molar-refractivity contribution in [2.45, 2.75) is 39.0 Å². The SMILES string of the molecule is CCOCCCNC(=O)c1ccc(C)c(S(=O)(=O)Nc2cccc(C)c2C)c1. The van der Waals surface area contributed by atoms with Crippen LogP contribution in [-0.2, 0) is 14.8 Å². The minimum Gasteiger partial charge on any atom is -0.382 e. The fourth-order valence-corrected chi connectivity index (χ4v) is 4.11. The lowest BCUT2D eigenvalue weighted by Crippen LogP contribution is -2.26. The number of carbonyl (C=O) groups excluding carboxylic acids is 1. The fourth-order valence-electron chi connectivity index (χ4n) is 2.71. The predicted molar refractivity (Wildman–Crippen MR) is 111 cm³/mol. The first kappa shape index (κ1) is 21.9. The maximum absolute atomic E-state index is 12.9. The standard InChI is InChI=1S/C21H28N2O4S/c1-5-27-13-7-12-22-21(24)18-11-10-16(3)20(14-18)28(25,26)23-19-9-6-8-15(2)17(19)4/h6,8-11,14,23H,5,7,12-13H2,1-4H3,(H,22,24). The number of rotatable bonds is 9. The Morgan fingerprint density at radius 2 is 1.82 bits per heavy atom. The normalized spacial score (nSPS) is 11.3. The number of ether oxygens (including phenoxy) is 1. The van der Waals surface area contributed by atoms with Crippen LogP contribution in [0, 0.1) is 20.8 Å². The van der Waals surface area contributed by atoms with Gasteiger partial charge in [-0.25, -0.2) is 8.42 Å². The quantitative estimate of drug-likeness (QED) is 0.626. The van der Waals surface area contributed by atoms with E-state index in [9.17, 15) is 13.2 Å². The van der Waals surface area contributed by atoms with Crippen molar-refractivity contribution < 1.29 is 17.9 Å². The first-order valence-electron chi connectivity index (χ1n) is 9.32. The van der Waals surface area contributed by atoms with Crippen LogP contribution in [0.15, 0.2) is 41.3 Å². The molecular formula is C21H28N2O4S. The van der Waals surface area contributed by atoms with Crippen molar-refractivity contribution >= 4 is 21.6 Å². The summed E-state index contributed by atoms with van der Waals surface area (Å²) < 4.78 is 33.7. The van der Waals surface area contributed by atoms with Crippen molar-refractivity contribution in [2.24, 2.45) is 0 Å². The highest BCUT2D eigenvalue weighted by Crippen LogP contribution is 2.24. The number of amides is 1. The van der Waals surface area contributed by atoms with E-state index >= 15 is 0 Å². The summed E-state index contributed by atoms with van der Waals surface area (Å²) in [5.74, 6) is -0.306. The number of nitrogens with one attached hydrogen (secondary N) is 2. The van der Waals surface area contributed by atoms with Gasteiger partial charge >= 0.3 is 0 Å².